The summed E-state index contributed by atoms with van der Waals surface area (Å²) in [7, 11) is 0. The van der Waals surface area contributed by atoms with Crippen LogP contribution in [0.4, 0.5) is 13.2 Å². The Morgan fingerprint density at radius 3 is 2.48 bits per heavy atom. The van der Waals surface area contributed by atoms with Gasteiger partial charge in [-0.05, 0) is 42.0 Å². The molecule has 1 aromatic heterocycles. The first-order chi connectivity index (χ1) is 11.0. The monoisotopic (exact) mass is 320 g/mol. The number of ether oxygens (including phenoxy) is 1. The van der Waals surface area contributed by atoms with Gasteiger partial charge < -0.3 is 9.15 Å². The van der Waals surface area contributed by atoms with Gasteiger partial charge in [0.15, 0.2) is 0 Å². The third-order valence-corrected chi connectivity index (χ3v) is 3.12. The van der Waals surface area contributed by atoms with Gasteiger partial charge in [-0.1, -0.05) is 12.1 Å². The van der Waals surface area contributed by atoms with Gasteiger partial charge in [0.25, 0.3) is 0 Å². The summed E-state index contributed by atoms with van der Waals surface area (Å²) >= 11 is 0. The molecule has 118 valence electrons. The minimum atomic E-state index is -4.36. The van der Waals surface area contributed by atoms with Gasteiger partial charge in [-0.2, -0.15) is 13.2 Å². The van der Waals surface area contributed by atoms with Gasteiger partial charge in [-0.3, -0.25) is 0 Å². The molecule has 0 amide bonds. The highest BCUT2D eigenvalue weighted by Crippen LogP contribution is 2.29. The molecule has 0 unspecified atom stereocenters. The van der Waals surface area contributed by atoms with Crippen LogP contribution in [-0.4, -0.2) is 10.2 Å². The second kappa shape index (κ2) is 6.12. The number of alkyl halides is 3. The fourth-order valence-corrected chi connectivity index (χ4v) is 2.00. The van der Waals surface area contributed by atoms with E-state index < -0.39 is 11.7 Å². The molecule has 0 aliphatic heterocycles. The summed E-state index contributed by atoms with van der Waals surface area (Å²) in [6.45, 7) is 0.0455. The largest absolute Gasteiger partial charge is 0.489 e. The van der Waals surface area contributed by atoms with Crippen molar-refractivity contribution in [2.24, 2.45) is 0 Å². The maximum absolute atomic E-state index is 12.6. The molecule has 0 aliphatic rings. The van der Waals surface area contributed by atoms with Crippen LogP contribution in [0, 0.1) is 0 Å². The van der Waals surface area contributed by atoms with Gasteiger partial charge in [0.05, 0.1) is 5.56 Å². The number of halogens is 3. The van der Waals surface area contributed by atoms with E-state index in [2.05, 4.69) is 10.2 Å². The van der Waals surface area contributed by atoms with Crippen molar-refractivity contribution in [1.82, 2.24) is 10.2 Å². The summed E-state index contributed by atoms with van der Waals surface area (Å²) in [5.41, 5.74) is 0.486. The van der Waals surface area contributed by atoms with Crippen LogP contribution in [0.25, 0.3) is 11.5 Å². The average molecular weight is 320 g/mol. The number of benzene rings is 2. The zero-order valence-corrected chi connectivity index (χ0v) is 11.7. The lowest BCUT2D eigenvalue weighted by Crippen LogP contribution is -2.06. The third-order valence-electron chi connectivity index (χ3n) is 3.12. The number of hydrogen-bond donors (Lipinski definition) is 0. The van der Waals surface area contributed by atoms with Crippen molar-refractivity contribution in [2.45, 2.75) is 12.8 Å². The Bertz CT molecular complexity index is 769. The standard InChI is InChI=1S/C16H11F3N2O2/c17-16(18,19)13-3-1-2-11(8-13)9-22-14-6-4-12(5-7-14)15-21-20-10-23-15/h1-8,10H,9H2. The van der Waals surface area contributed by atoms with Crippen LogP contribution in [0.1, 0.15) is 11.1 Å². The van der Waals surface area contributed by atoms with Crippen LogP contribution < -0.4 is 4.74 Å². The number of nitrogens with zero attached hydrogens (tertiary/aromatic N) is 2. The maximum Gasteiger partial charge on any atom is 0.416 e. The summed E-state index contributed by atoms with van der Waals surface area (Å²) in [5, 5.41) is 7.36. The quantitative estimate of drug-likeness (QED) is 0.718. The number of aromatic nitrogens is 2. The molecule has 7 heteroatoms. The molecule has 0 aliphatic carbocycles. The van der Waals surface area contributed by atoms with Gasteiger partial charge in [0, 0.05) is 5.56 Å². The summed E-state index contributed by atoms with van der Waals surface area (Å²) in [4.78, 5) is 0. The Hall–Kier alpha value is -2.83. The normalized spacial score (nSPS) is 11.4. The molecule has 0 atom stereocenters. The van der Waals surface area contributed by atoms with Crippen LogP contribution in [-0.2, 0) is 12.8 Å². The molecule has 0 N–H and O–H groups in total. The SMILES string of the molecule is FC(F)(F)c1cccc(COc2ccc(-c3nnco3)cc2)c1. The van der Waals surface area contributed by atoms with Gasteiger partial charge in [-0.15, -0.1) is 10.2 Å². The molecule has 3 rings (SSSR count). The molecule has 3 aromatic rings. The van der Waals surface area contributed by atoms with Crippen molar-refractivity contribution in [1.29, 1.82) is 0 Å². The first-order valence-electron chi connectivity index (χ1n) is 6.68. The molecule has 0 radical (unpaired) electrons. The lowest BCUT2D eigenvalue weighted by Gasteiger charge is -2.10. The number of rotatable bonds is 4. The van der Waals surface area contributed by atoms with Crippen molar-refractivity contribution in [3.8, 4) is 17.2 Å². The molecule has 0 bridgehead atoms. The van der Waals surface area contributed by atoms with E-state index in [9.17, 15) is 13.2 Å². The zero-order valence-electron chi connectivity index (χ0n) is 11.7. The van der Waals surface area contributed by atoms with Gasteiger partial charge in [-0.25, -0.2) is 0 Å². The minimum Gasteiger partial charge on any atom is -0.489 e. The average Bonchev–Trinajstić information content (AvgIpc) is 3.07. The van der Waals surface area contributed by atoms with Crippen LogP contribution in [0.2, 0.25) is 0 Å². The summed E-state index contributed by atoms with van der Waals surface area (Å²) < 4.78 is 48.5. The van der Waals surface area contributed by atoms with Crippen molar-refractivity contribution < 1.29 is 22.3 Å². The number of hydrogen-bond acceptors (Lipinski definition) is 4. The Morgan fingerprint density at radius 1 is 1.04 bits per heavy atom. The van der Waals surface area contributed by atoms with Gasteiger partial charge in [0.1, 0.15) is 12.4 Å². The van der Waals surface area contributed by atoms with Crippen LogP contribution in [0.15, 0.2) is 59.3 Å². The Morgan fingerprint density at radius 2 is 1.83 bits per heavy atom. The van der Waals surface area contributed by atoms with Crippen LogP contribution in [0.3, 0.4) is 0 Å². The summed E-state index contributed by atoms with van der Waals surface area (Å²) in [6.07, 6.45) is -3.13. The smallest absolute Gasteiger partial charge is 0.416 e. The van der Waals surface area contributed by atoms with E-state index in [0.717, 1.165) is 17.7 Å². The van der Waals surface area contributed by atoms with E-state index in [-0.39, 0.29) is 6.61 Å². The first-order valence-corrected chi connectivity index (χ1v) is 6.68. The first kappa shape index (κ1) is 15.1. The summed E-state index contributed by atoms with van der Waals surface area (Å²) in [5.74, 6) is 0.917. The van der Waals surface area contributed by atoms with E-state index in [1.54, 1.807) is 30.3 Å². The molecular weight excluding hydrogens is 309 g/mol. The predicted octanol–water partition coefficient (Wildman–Crippen LogP) is 4.33. The molecule has 0 saturated carbocycles. The Balaban J connectivity index is 1.67. The summed E-state index contributed by atoms with van der Waals surface area (Å²) in [6, 6.07) is 11.9. The minimum absolute atomic E-state index is 0.0455. The fourth-order valence-electron chi connectivity index (χ4n) is 2.00. The van der Waals surface area contributed by atoms with Gasteiger partial charge in [0.2, 0.25) is 12.3 Å². The van der Waals surface area contributed by atoms with E-state index in [1.807, 2.05) is 0 Å². The highest BCUT2D eigenvalue weighted by Gasteiger charge is 2.30. The second-order valence-electron chi connectivity index (χ2n) is 4.76. The van der Waals surface area contributed by atoms with Crippen molar-refractivity contribution >= 4 is 0 Å². The third kappa shape index (κ3) is 3.68. The van der Waals surface area contributed by atoms with Crippen LogP contribution >= 0.6 is 0 Å². The van der Waals surface area contributed by atoms with Crippen molar-refractivity contribution in [2.75, 3.05) is 0 Å². The highest BCUT2D eigenvalue weighted by molar-refractivity contribution is 5.53. The lowest BCUT2D eigenvalue weighted by atomic mass is 10.1. The van der Waals surface area contributed by atoms with Crippen LogP contribution in [0.5, 0.6) is 5.75 Å². The molecule has 4 nitrogen and oxygen atoms in total. The molecule has 0 saturated heterocycles. The van der Waals surface area contributed by atoms with Gasteiger partial charge >= 0.3 is 6.18 Å². The topological polar surface area (TPSA) is 48.2 Å². The molecular formula is C16H11F3N2O2. The zero-order chi connectivity index (χ0) is 16.3. The molecule has 2 aromatic carbocycles. The Kier molecular flexibility index (Phi) is 4.01. The van der Waals surface area contributed by atoms with Crippen molar-refractivity contribution in [3.63, 3.8) is 0 Å². The molecule has 1 heterocycles. The highest BCUT2D eigenvalue weighted by atomic mass is 19.4. The fraction of sp³-hybridized carbons (Fsp3) is 0.125. The van der Waals surface area contributed by atoms with Crippen molar-refractivity contribution in [3.05, 3.63) is 66.1 Å². The Labute approximate surface area is 129 Å². The van der Waals surface area contributed by atoms with E-state index in [1.165, 1.54) is 12.5 Å². The van der Waals surface area contributed by atoms with E-state index in [4.69, 9.17) is 9.15 Å². The molecule has 23 heavy (non-hydrogen) atoms. The van der Waals surface area contributed by atoms with E-state index in [0.29, 0.717) is 17.2 Å². The lowest BCUT2D eigenvalue weighted by molar-refractivity contribution is -0.137. The molecule has 0 fully saturated rings. The second-order valence-corrected chi connectivity index (χ2v) is 4.76. The predicted molar refractivity (Wildman–Crippen MR) is 75.5 cm³/mol. The van der Waals surface area contributed by atoms with E-state index >= 15 is 0 Å². The molecule has 0 spiro atoms. The maximum atomic E-state index is 12.6.